The number of benzene rings is 1. The molecule has 1 aliphatic heterocycles. The second-order valence-electron chi connectivity index (χ2n) is 5.05. The van der Waals surface area contributed by atoms with Crippen LogP contribution in [0.15, 0.2) is 36.0 Å². The Morgan fingerprint density at radius 1 is 1.29 bits per heavy atom. The van der Waals surface area contributed by atoms with Crippen LogP contribution >= 0.6 is 0 Å². The van der Waals surface area contributed by atoms with E-state index >= 15 is 0 Å². The Hall–Kier alpha value is -1.98. The second kappa shape index (κ2) is 6.20. The number of amides is 1. The van der Waals surface area contributed by atoms with E-state index < -0.39 is 17.6 Å². The maximum Gasteiger partial charge on any atom is 0.416 e. The number of carbonyl (C=O) groups excluding carboxylic acids is 1. The van der Waals surface area contributed by atoms with Crippen molar-refractivity contribution in [3.63, 3.8) is 0 Å². The Balaban J connectivity index is 2.04. The largest absolute Gasteiger partial charge is 0.416 e. The molecule has 0 unspecified atom stereocenters. The fraction of sp³-hybridized carbons (Fsp3) is 0.400. The minimum absolute atomic E-state index is 0.139. The van der Waals surface area contributed by atoms with Gasteiger partial charge in [-0.15, -0.1) is 0 Å². The standard InChI is InChI=1S/C15H17F3N2O/c1-11(20-7-2-3-8-20)9-14(21)19-13-6-4-5-12(10-13)15(16,17)18/h4-6,9-10H,2-3,7-8H2,1H3,(H,19,21)/b11-9+. The molecule has 0 aromatic heterocycles. The lowest BCUT2D eigenvalue weighted by Gasteiger charge is -2.17. The number of hydrogen-bond acceptors (Lipinski definition) is 2. The highest BCUT2D eigenvalue weighted by molar-refractivity contribution is 5.99. The summed E-state index contributed by atoms with van der Waals surface area (Å²) in [6.45, 7) is 3.66. The Morgan fingerprint density at radius 3 is 2.57 bits per heavy atom. The van der Waals surface area contributed by atoms with E-state index in [4.69, 9.17) is 0 Å². The zero-order valence-electron chi connectivity index (χ0n) is 11.7. The van der Waals surface area contributed by atoms with Gasteiger partial charge in [0.2, 0.25) is 5.91 Å². The summed E-state index contributed by atoms with van der Waals surface area (Å²) in [4.78, 5) is 13.9. The van der Waals surface area contributed by atoms with Crippen molar-refractivity contribution in [1.82, 2.24) is 4.90 Å². The molecule has 0 saturated carbocycles. The number of halogens is 3. The molecule has 1 fully saturated rings. The predicted octanol–water partition coefficient (Wildman–Crippen LogP) is 3.64. The topological polar surface area (TPSA) is 32.3 Å². The Morgan fingerprint density at radius 2 is 1.95 bits per heavy atom. The van der Waals surface area contributed by atoms with Crippen LogP contribution in [0.25, 0.3) is 0 Å². The summed E-state index contributed by atoms with van der Waals surface area (Å²) >= 11 is 0. The third kappa shape index (κ3) is 4.24. The van der Waals surface area contributed by atoms with Crippen LogP contribution in [-0.2, 0) is 11.0 Å². The highest BCUT2D eigenvalue weighted by Gasteiger charge is 2.30. The summed E-state index contributed by atoms with van der Waals surface area (Å²) in [6.07, 6.45) is -0.797. The molecule has 1 aromatic carbocycles. The maximum atomic E-state index is 12.6. The van der Waals surface area contributed by atoms with Crippen LogP contribution in [0.3, 0.4) is 0 Å². The van der Waals surface area contributed by atoms with E-state index in [1.807, 2.05) is 6.92 Å². The zero-order valence-corrected chi connectivity index (χ0v) is 11.7. The highest BCUT2D eigenvalue weighted by atomic mass is 19.4. The molecule has 0 radical (unpaired) electrons. The Bertz CT molecular complexity index is 546. The van der Waals surface area contributed by atoms with Crippen molar-refractivity contribution < 1.29 is 18.0 Å². The van der Waals surface area contributed by atoms with E-state index in [0.717, 1.165) is 43.8 Å². The van der Waals surface area contributed by atoms with Gasteiger partial charge in [-0.2, -0.15) is 13.2 Å². The molecule has 1 amide bonds. The quantitative estimate of drug-likeness (QED) is 0.864. The SMILES string of the molecule is C/C(=C\C(=O)Nc1cccc(C(F)(F)F)c1)N1CCCC1. The predicted molar refractivity (Wildman–Crippen MR) is 74.6 cm³/mol. The summed E-state index contributed by atoms with van der Waals surface area (Å²) in [5, 5.41) is 2.47. The minimum atomic E-state index is -4.41. The van der Waals surface area contributed by atoms with Gasteiger partial charge < -0.3 is 10.2 Å². The van der Waals surface area contributed by atoms with Crippen LogP contribution < -0.4 is 5.32 Å². The van der Waals surface area contributed by atoms with Crippen LogP contribution in [0.5, 0.6) is 0 Å². The van der Waals surface area contributed by atoms with Gasteiger partial charge in [0.05, 0.1) is 5.56 Å². The van der Waals surface area contributed by atoms with Crippen molar-refractivity contribution >= 4 is 11.6 Å². The van der Waals surface area contributed by atoms with E-state index in [-0.39, 0.29) is 5.69 Å². The summed E-state index contributed by atoms with van der Waals surface area (Å²) < 4.78 is 37.8. The minimum Gasteiger partial charge on any atom is -0.375 e. The number of hydrogen-bond donors (Lipinski definition) is 1. The van der Waals surface area contributed by atoms with Crippen molar-refractivity contribution in [2.45, 2.75) is 25.9 Å². The van der Waals surface area contributed by atoms with Gasteiger partial charge in [0.1, 0.15) is 0 Å². The maximum absolute atomic E-state index is 12.6. The lowest BCUT2D eigenvalue weighted by molar-refractivity contribution is -0.137. The first-order valence-corrected chi connectivity index (χ1v) is 6.78. The van der Waals surface area contributed by atoms with Gasteiger partial charge in [0.15, 0.2) is 0 Å². The zero-order chi connectivity index (χ0) is 15.5. The van der Waals surface area contributed by atoms with Gasteiger partial charge >= 0.3 is 6.18 Å². The van der Waals surface area contributed by atoms with Crippen molar-refractivity contribution in [2.75, 3.05) is 18.4 Å². The van der Waals surface area contributed by atoms with E-state index in [9.17, 15) is 18.0 Å². The molecule has 0 bridgehead atoms. The van der Waals surface area contributed by atoms with Crippen LogP contribution in [0.4, 0.5) is 18.9 Å². The van der Waals surface area contributed by atoms with Gasteiger partial charge in [-0.05, 0) is 38.0 Å². The van der Waals surface area contributed by atoms with E-state index in [0.29, 0.717) is 0 Å². The fourth-order valence-corrected chi connectivity index (χ4v) is 2.30. The molecule has 6 heteroatoms. The molecule has 1 aromatic rings. The van der Waals surface area contributed by atoms with E-state index in [1.54, 1.807) is 0 Å². The van der Waals surface area contributed by atoms with Gasteiger partial charge in [-0.25, -0.2) is 0 Å². The monoisotopic (exact) mass is 298 g/mol. The number of allylic oxidation sites excluding steroid dienone is 1. The van der Waals surface area contributed by atoms with Crippen LogP contribution in [0, 0.1) is 0 Å². The summed E-state index contributed by atoms with van der Waals surface area (Å²) in [5.74, 6) is -0.418. The van der Waals surface area contributed by atoms with Gasteiger partial charge in [-0.3, -0.25) is 4.79 Å². The molecule has 1 N–H and O–H groups in total. The first-order valence-electron chi connectivity index (χ1n) is 6.78. The number of nitrogens with zero attached hydrogens (tertiary/aromatic N) is 1. The third-order valence-electron chi connectivity index (χ3n) is 3.40. The fourth-order valence-electron chi connectivity index (χ4n) is 2.30. The molecular weight excluding hydrogens is 281 g/mol. The molecule has 0 spiro atoms. The average Bonchev–Trinajstić information content (AvgIpc) is 2.91. The van der Waals surface area contributed by atoms with Crippen molar-refractivity contribution in [3.8, 4) is 0 Å². The molecule has 21 heavy (non-hydrogen) atoms. The summed E-state index contributed by atoms with van der Waals surface area (Å²) in [7, 11) is 0. The van der Waals surface area contributed by atoms with E-state index in [1.165, 1.54) is 18.2 Å². The first-order chi connectivity index (χ1) is 9.86. The lowest BCUT2D eigenvalue weighted by Crippen LogP contribution is -2.19. The molecule has 1 aliphatic rings. The molecule has 114 valence electrons. The number of anilines is 1. The summed E-state index contributed by atoms with van der Waals surface area (Å²) in [6, 6.07) is 4.61. The normalized spacial score (nSPS) is 16.2. The molecule has 2 rings (SSSR count). The number of rotatable bonds is 3. The second-order valence-corrected chi connectivity index (χ2v) is 5.05. The van der Waals surface area contributed by atoms with Crippen LogP contribution in [-0.4, -0.2) is 23.9 Å². The molecular formula is C15H17F3N2O. The van der Waals surface area contributed by atoms with Crippen molar-refractivity contribution in [2.24, 2.45) is 0 Å². The Labute approximate surface area is 121 Å². The molecule has 0 aliphatic carbocycles. The van der Waals surface area contributed by atoms with Crippen LogP contribution in [0.1, 0.15) is 25.3 Å². The average molecular weight is 298 g/mol. The van der Waals surface area contributed by atoms with Crippen LogP contribution in [0.2, 0.25) is 0 Å². The molecule has 3 nitrogen and oxygen atoms in total. The highest BCUT2D eigenvalue weighted by Crippen LogP contribution is 2.30. The summed E-state index contributed by atoms with van der Waals surface area (Å²) in [5.41, 5.74) is 0.192. The first kappa shape index (κ1) is 15.4. The number of nitrogens with one attached hydrogen (secondary N) is 1. The van der Waals surface area contributed by atoms with Gasteiger partial charge in [0.25, 0.3) is 0 Å². The van der Waals surface area contributed by atoms with Crippen molar-refractivity contribution in [3.05, 3.63) is 41.6 Å². The number of alkyl halides is 3. The van der Waals surface area contributed by atoms with Gasteiger partial charge in [0, 0.05) is 30.5 Å². The Kier molecular flexibility index (Phi) is 4.55. The molecule has 1 heterocycles. The lowest BCUT2D eigenvalue weighted by atomic mass is 10.2. The number of carbonyl (C=O) groups is 1. The van der Waals surface area contributed by atoms with Crippen molar-refractivity contribution in [1.29, 1.82) is 0 Å². The van der Waals surface area contributed by atoms with E-state index in [2.05, 4.69) is 10.2 Å². The van der Waals surface area contributed by atoms with Gasteiger partial charge in [-0.1, -0.05) is 6.07 Å². The smallest absolute Gasteiger partial charge is 0.375 e. The molecule has 0 atom stereocenters. The number of likely N-dealkylation sites (tertiary alicyclic amines) is 1. The third-order valence-corrected chi connectivity index (χ3v) is 3.40. The molecule has 1 saturated heterocycles.